The van der Waals surface area contributed by atoms with Crippen molar-refractivity contribution in [1.82, 2.24) is 10.3 Å². The number of nitrogens with one attached hydrogen (secondary N) is 1. The van der Waals surface area contributed by atoms with Crippen LogP contribution in [0.15, 0.2) is 41.9 Å². The molecule has 0 aliphatic heterocycles. The number of benzene rings is 1. The molecule has 0 saturated carbocycles. The van der Waals surface area contributed by atoms with E-state index in [9.17, 15) is 4.79 Å². The van der Waals surface area contributed by atoms with Gasteiger partial charge in [0.15, 0.2) is 0 Å². The standard InChI is InChI=1S/C13H14N2O2S/c1-17-13(16)12(10-5-3-2-4-6-10)15-9-11-14-7-8-18-11/h2-8,12,15H,9H2,1H3. The summed E-state index contributed by atoms with van der Waals surface area (Å²) < 4.78 is 4.82. The number of rotatable bonds is 5. The number of nitrogens with zero attached hydrogens (tertiary/aromatic N) is 1. The lowest BCUT2D eigenvalue weighted by atomic mass is 10.1. The van der Waals surface area contributed by atoms with Crippen molar-refractivity contribution >= 4 is 17.3 Å². The minimum Gasteiger partial charge on any atom is -0.468 e. The molecule has 2 rings (SSSR count). The molecule has 0 aliphatic carbocycles. The Hall–Kier alpha value is -1.72. The van der Waals surface area contributed by atoms with Gasteiger partial charge in [-0.25, -0.2) is 9.78 Å². The number of carbonyl (C=O) groups is 1. The summed E-state index contributed by atoms with van der Waals surface area (Å²) in [5.41, 5.74) is 0.890. The predicted molar refractivity (Wildman–Crippen MR) is 70.2 cm³/mol. The van der Waals surface area contributed by atoms with Crippen LogP contribution in [0.1, 0.15) is 16.6 Å². The average molecular weight is 262 g/mol. The summed E-state index contributed by atoms with van der Waals surface area (Å²) in [5.74, 6) is -0.294. The predicted octanol–water partition coefficient (Wildman–Crippen LogP) is 2.15. The van der Waals surface area contributed by atoms with Crippen molar-refractivity contribution in [2.45, 2.75) is 12.6 Å². The van der Waals surface area contributed by atoms with Crippen LogP contribution in [0.3, 0.4) is 0 Å². The minimum atomic E-state index is -0.458. The SMILES string of the molecule is COC(=O)C(NCc1nccs1)c1ccccc1. The van der Waals surface area contributed by atoms with Crippen LogP contribution in [0.2, 0.25) is 0 Å². The van der Waals surface area contributed by atoms with E-state index in [2.05, 4.69) is 10.3 Å². The molecule has 4 nitrogen and oxygen atoms in total. The highest BCUT2D eigenvalue weighted by Gasteiger charge is 2.20. The van der Waals surface area contributed by atoms with E-state index in [0.717, 1.165) is 10.6 Å². The van der Waals surface area contributed by atoms with Gasteiger partial charge >= 0.3 is 5.97 Å². The fraction of sp³-hybridized carbons (Fsp3) is 0.231. The second-order valence-corrected chi connectivity index (χ2v) is 4.65. The molecule has 5 heteroatoms. The third kappa shape index (κ3) is 3.15. The maximum Gasteiger partial charge on any atom is 0.327 e. The Kier molecular flexibility index (Phi) is 4.44. The highest BCUT2D eigenvalue weighted by Crippen LogP contribution is 2.15. The van der Waals surface area contributed by atoms with Crippen molar-refractivity contribution in [3.8, 4) is 0 Å². The molecule has 0 amide bonds. The summed E-state index contributed by atoms with van der Waals surface area (Å²) in [4.78, 5) is 15.9. The zero-order valence-corrected chi connectivity index (χ0v) is 10.8. The maximum atomic E-state index is 11.8. The van der Waals surface area contributed by atoms with E-state index in [0.29, 0.717) is 6.54 Å². The van der Waals surface area contributed by atoms with Gasteiger partial charge in [0.2, 0.25) is 0 Å². The van der Waals surface area contributed by atoms with Gasteiger partial charge in [-0.2, -0.15) is 0 Å². The summed E-state index contributed by atoms with van der Waals surface area (Å²) in [5, 5.41) is 6.02. The molecule has 0 radical (unpaired) electrons. The molecule has 1 unspecified atom stereocenters. The van der Waals surface area contributed by atoms with Gasteiger partial charge in [0.05, 0.1) is 7.11 Å². The molecule has 1 aromatic carbocycles. The van der Waals surface area contributed by atoms with Crippen molar-refractivity contribution in [1.29, 1.82) is 0 Å². The van der Waals surface area contributed by atoms with E-state index < -0.39 is 6.04 Å². The molecule has 0 spiro atoms. The quantitative estimate of drug-likeness (QED) is 0.839. The molecular weight excluding hydrogens is 248 g/mol. The highest BCUT2D eigenvalue weighted by atomic mass is 32.1. The molecule has 2 aromatic rings. The van der Waals surface area contributed by atoms with Gasteiger partial charge in [-0.3, -0.25) is 5.32 Å². The lowest BCUT2D eigenvalue weighted by molar-refractivity contribution is -0.143. The molecule has 1 heterocycles. The van der Waals surface area contributed by atoms with Gasteiger partial charge in [0.25, 0.3) is 0 Å². The zero-order chi connectivity index (χ0) is 12.8. The highest BCUT2D eigenvalue weighted by molar-refractivity contribution is 7.09. The van der Waals surface area contributed by atoms with E-state index in [1.807, 2.05) is 35.7 Å². The fourth-order valence-electron chi connectivity index (χ4n) is 1.63. The average Bonchev–Trinajstić information content (AvgIpc) is 2.93. The zero-order valence-electron chi connectivity index (χ0n) is 10.00. The Labute approximate surface area is 110 Å². The largest absolute Gasteiger partial charge is 0.468 e. The van der Waals surface area contributed by atoms with Crippen LogP contribution < -0.4 is 5.32 Å². The molecule has 0 fully saturated rings. The third-order valence-corrected chi connectivity index (χ3v) is 3.29. The topological polar surface area (TPSA) is 51.2 Å². The van der Waals surface area contributed by atoms with Crippen LogP contribution in [-0.2, 0) is 16.1 Å². The summed E-state index contributed by atoms with van der Waals surface area (Å²) in [6, 6.07) is 9.05. The molecule has 0 bridgehead atoms. The van der Waals surface area contributed by atoms with Crippen molar-refractivity contribution in [3.05, 3.63) is 52.5 Å². The van der Waals surface area contributed by atoms with Crippen molar-refractivity contribution in [2.75, 3.05) is 7.11 Å². The van der Waals surface area contributed by atoms with Gasteiger partial charge in [-0.05, 0) is 5.56 Å². The van der Waals surface area contributed by atoms with E-state index in [1.54, 1.807) is 17.5 Å². The van der Waals surface area contributed by atoms with E-state index >= 15 is 0 Å². The Morgan fingerprint density at radius 3 is 2.83 bits per heavy atom. The molecule has 0 saturated heterocycles. The van der Waals surface area contributed by atoms with E-state index in [4.69, 9.17) is 4.74 Å². The normalized spacial score (nSPS) is 12.1. The van der Waals surface area contributed by atoms with Gasteiger partial charge in [0.1, 0.15) is 11.0 Å². The number of hydrogen-bond donors (Lipinski definition) is 1. The van der Waals surface area contributed by atoms with Crippen LogP contribution in [0.25, 0.3) is 0 Å². The first-order valence-corrected chi connectivity index (χ1v) is 6.43. The Morgan fingerprint density at radius 1 is 1.44 bits per heavy atom. The van der Waals surface area contributed by atoms with Gasteiger partial charge in [-0.15, -0.1) is 11.3 Å². The van der Waals surface area contributed by atoms with Crippen LogP contribution >= 0.6 is 11.3 Å². The Balaban J connectivity index is 2.09. The second-order valence-electron chi connectivity index (χ2n) is 3.67. The lowest BCUT2D eigenvalue weighted by Gasteiger charge is -2.15. The minimum absolute atomic E-state index is 0.294. The first-order chi connectivity index (χ1) is 8.81. The van der Waals surface area contributed by atoms with Gasteiger partial charge in [-0.1, -0.05) is 30.3 Å². The molecule has 1 N–H and O–H groups in total. The van der Waals surface area contributed by atoms with Crippen LogP contribution in [0.4, 0.5) is 0 Å². The summed E-state index contributed by atoms with van der Waals surface area (Å²) in [7, 11) is 1.39. The molecule has 94 valence electrons. The van der Waals surface area contributed by atoms with Crippen molar-refractivity contribution in [2.24, 2.45) is 0 Å². The number of hydrogen-bond acceptors (Lipinski definition) is 5. The Morgan fingerprint density at radius 2 is 2.22 bits per heavy atom. The number of thiazole rings is 1. The first kappa shape index (κ1) is 12.7. The van der Waals surface area contributed by atoms with Crippen molar-refractivity contribution in [3.63, 3.8) is 0 Å². The van der Waals surface area contributed by atoms with Gasteiger partial charge in [0, 0.05) is 18.1 Å². The monoisotopic (exact) mass is 262 g/mol. The van der Waals surface area contributed by atoms with Crippen LogP contribution in [0.5, 0.6) is 0 Å². The molecule has 18 heavy (non-hydrogen) atoms. The Bertz CT molecular complexity index is 485. The van der Waals surface area contributed by atoms with Crippen LogP contribution in [-0.4, -0.2) is 18.1 Å². The van der Waals surface area contributed by atoms with Crippen LogP contribution in [0, 0.1) is 0 Å². The first-order valence-electron chi connectivity index (χ1n) is 5.56. The van der Waals surface area contributed by atoms with Gasteiger partial charge < -0.3 is 4.74 Å². The number of methoxy groups -OCH3 is 1. The number of carbonyl (C=O) groups excluding carboxylic acids is 1. The van der Waals surface area contributed by atoms with E-state index in [1.165, 1.54) is 7.11 Å². The second kappa shape index (κ2) is 6.28. The van der Waals surface area contributed by atoms with E-state index in [-0.39, 0.29) is 5.97 Å². The number of esters is 1. The summed E-state index contributed by atoms with van der Waals surface area (Å²) >= 11 is 1.55. The number of aromatic nitrogens is 1. The third-order valence-electron chi connectivity index (χ3n) is 2.51. The number of ether oxygens (including phenoxy) is 1. The van der Waals surface area contributed by atoms with Crippen molar-refractivity contribution < 1.29 is 9.53 Å². The molecular formula is C13H14N2O2S. The summed E-state index contributed by atoms with van der Waals surface area (Å²) in [6.07, 6.45) is 1.75. The smallest absolute Gasteiger partial charge is 0.327 e. The fourth-order valence-corrected chi connectivity index (χ4v) is 2.20. The molecule has 0 aliphatic rings. The molecule has 1 atom stereocenters. The lowest BCUT2D eigenvalue weighted by Crippen LogP contribution is -2.29. The maximum absolute atomic E-state index is 11.8. The summed E-state index contributed by atoms with van der Waals surface area (Å²) in [6.45, 7) is 0.548. The molecule has 1 aromatic heterocycles.